The summed E-state index contributed by atoms with van der Waals surface area (Å²) in [5.41, 5.74) is 6.00. The van der Waals surface area contributed by atoms with Crippen molar-refractivity contribution in [2.45, 2.75) is 52.6 Å². The van der Waals surface area contributed by atoms with E-state index in [0.29, 0.717) is 25.9 Å². The zero-order valence-corrected chi connectivity index (χ0v) is 19.7. The summed E-state index contributed by atoms with van der Waals surface area (Å²) in [6.45, 7) is 6.66. The number of methoxy groups -OCH3 is 1. The molecule has 2 rings (SSSR count). The third-order valence-corrected chi connectivity index (χ3v) is 5.60. The number of para-hydroxylation sites is 1. The van der Waals surface area contributed by atoms with E-state index in [1.165, 1.54) is 9.47 Å². The molecule has 0 aliphatic heterocycles. The highest BCUT2D eigenvalue weighted by atomic mass is 16.5. The molecule has 3 N–H and O–H groups in total. The average molecular weight is 446 g/mol. The molecule has 0 radical (unpaired) electrons. The molecular weight excluding hydrogens is 410 g/mol. The molecule has 0 saturated heterocycles. The average Bonchev–Trinajstić information content (AvgIpc) is 2.77. The van der Waals surface area contributed by atoms with Gasteiger partial charge in [-0.05, 0) is 32.9 Å². The standard InChI is InChI=1S/C23H35N5O4/c1-6-8-14-27(20-21(24)28(13-7-2)23(31)25-22(20)30)19(29)15-26(4)16(3)17-11-9-10-12-18(17)32-5/h9-12,16H,6-8,13-15,24H2,1-5H3,(H,25,30,31). The van der Waals surface area contributed by atoms with Gasteiger partial charge in [0.1, 0.15) is 11.6 Å². The maximum atomic E-state index is 13.4. The molecule has 9 nitrogen and oxygen atoms in total. The van der Waals surface area contributed by atoms with E-state index in [-0.39, 0.29) is 30.0 Å². The Morgan fingerprint density at radius 3 is 2.53 bits per heavy atom. The van der Waals surface area contributed by atoms with Crippen molar-refractivity contribution < 1.29 is 9.53 Å². The van der Waals surface area contributed by atoms with Crippen molar-refractivity contribution in [1.29, 1.82) is 0 Å². The molecule has 0 fully saturated rings. The van der Waals surface area contributed by atoms with Crippen molar-refractivity contribution in [3.63, 3.8) is 0 Å². The second-order valence-corrected chi connectivity index (χ2v) is 7.88. The van der Waals surface area contributed by atoms with E-state index in [1.54, 1.807) is 7.11 Å². The highest BCUT2D eigenvalue weighted by molar-refractivity contribution is 5.96. The molecule has 32 heavy (non-hydrogen) atoms. The first-order chi connectivity index (χ1) is 15.3. The monoisotopic (exact) mass is 445 g/mol. The zero-order chi connectivity index (χ0) is 23.8. The Bertz CT molecular complexity index is 1030. The van der Waals surface area contributed by atoms with Crippen molar-refractivity contribution >= 4 is 17.4 Å². The number of anilines is 2. The number of amides is 1. The number of carbonyl (C=O) groups is 1. The molecule has 0 saturated carbocycles. The topological polar surface area (TPSA) is 114 Å². The van der Waals surface area contributed by atoms with Crippen molar-refractivity contribution in [3.8, 4) is 5.75 Å². The van der Waals surface area contributed by atoms with Gasteiger partial charge in [0.15, 0.2) is 5.69 Å². The lowest BCUT2D eigenvalue weighted by Crippen LogP contribution is -2.45. The molecule has 1 aromatic heterocycles. The molecule has 0 bridgehead atoms. The molecule has 2 aromatic rings. The Morgan fingerprint density at radius 1 is 1.22 bits per heavy atom. The number of aromatic nitrogens is 2. The molecule has 1 heterocycles. The zero-order valence-electron chi connectivity index (χ0n) is 19.7. The van der Waals surface area contributed by atoms with Gasteiger partial charge in [-0.25, -0.2) is 4.79 Å². The number of likely N-dealkylation sites (N-methyl/N-ethyl adjacent to an activating group) is 1. The predicted molar refractivity (Wildman–Crippen MR) is 127 cm³/mol. The third-order valence-electron chi connectivity index (χ3n) is 5.60. The SMILES string of the molecule is CCCCN(C(=O)CN(C)C(C)c1ccccc1OC)c1c(N)n(CCC)c(=O)[nH]c1=O. The number of nitrogens with two attached hydrogens (primary N) is 1. The second-order valence-electron chi connectivity index (χ2n) is 7.88. The minimum absolute atomic E-state index is 0.0190. The minimum Gasteiger partial charge on any atom is -0.496 e. The predicted octanol–water partition coefficient (Wildman–Crippen LogP) is 2.36. The van der Waals surface area contributed by atoms with Gasteiger partial charge in [-0.15, -0.1) is 0 Å². The van der Waals surface area contributed by atoms with E-state index in [9.17, 15) is 14.4 Å². The summed E-state index contributed by atoms with van der Waals surface area (Å²) in [6, 6.07) is 7.56. The maximum absolute atomic E-state index is 13.4. The van der Waals surface area contributed by atoms with Gasteiger partial charge in [-0.2, -0.15) is 0 Å². The Balaban J connectivity index is 2.38. The van der Waals surface area contributed by atoms with Crippen molar-refractivity contribution in [2.75, 3.05) is 37.9 Å². The van der Waals surface area contributed by atoms with Crippen LogP contribution >= 0.6 is 0 Å². The highest BCUT2D eigenvalue weighted by Crippen LogP contribution is 2.28. The summed E-state index contributed by atoms with van der Waals surface area (Å²) in [5.74, 6) is 0.501. The van der Waals surface area contributed by atoms with E-state index >= 15 is 0 Å². The van der Waals surface area contributed by atoms with E-state index in [0.717, 1.165) is 17.7 Å². The maximum Gasteiger partial charge on any atom is 0.330 e. The molecule has 1 amide bonds. The van der Waals surface area contributed by atoms with Crippen LogP contribution in [0.5, 0.6) is 5.75 Å². The van der Waals surface area contributed by atoms with Crippen molar-refractivity contribution in [3.05, 3.63) is 50.7 Å². The van der Waals surface area contributed by atoms with Gasteiger partial charge in [-0.3, -0.25) is 24.0 Å². The number of aromatic amines is 1. The van der Waals surface area contributed by atoms with Crippen molar-refractivity contribution in [1.82, 2.24) is 14.5 Å². The number of benzene rings is 1. The number of rotatable bonds is 11. The van der Waals surface area contributed by atoms with Crippen LogP contribution in [0.25, 0.3) is 0 Å². The lowest BCUT2D eigenvalue weighted by atomic mass is 10.1. The fourth-order valence-corrected chi connectivity index (χ4v) is 3.65. The first-order valence-corrected chi connectivity index (χ1v) is 11.0. The number of H-pyrrole nitrogens is 1. The number of unbranched alkanes of at least 4 members (excludes halogenated alkanes) is 1. The minimum atomic E-state index is -0.648. The van der Waals surface area contributed by atoms with Gasteiger partial charge in [0, 0.05) is 24.7 Å². The van der Waals surface area contributed by atoms with Crippen molar-refractivity contribution in [2.24, 2.45) is 0 Å². The van der Waals surface area contributed by atoms with Crippen LogP contribution in [0, 0.1) is 0 Å². The summed E-state index contributed by atoms with van der Waals surface area (Å²) in [4.78, 5) is 43.9. The number of ether oxygens (including phenoxy) is 1. The molecule has 0 spiro atoms. The summed E-state index contributed by atoms with van der Waals surface area (Å²) < 4.78 is 6.76. The van der Waals surface area contributed by atoms with Gasteiger partial charge in [0.25, 0.3) is 5.56 Å². The summed E-state index contributed by atoms with van der Waals surface area (Å²) in [7, 11) is 3.46. The number of nitrogens with one attached hydrogen (secondary N) is 1. The van der Waals surface area contributed by atoms with Gasteiger partial charge in [0.2, 0.25) is 5.91 Å². The smallest absolute Gasteiger partial charge is 0.330 e. The lowest BCUT2D eigenvalue weighted by molar-refractivity contribution is -0.119. The second kappa shape index (κ2) is 11.5. The highest BCUT2D eigenvalue weighted by Gasteiger charge is 2.26. The van der Waals surface area contributed by atoms with Crippen LogP contribution in [-0.2, 0) is 11.3 Å². The first-order valence-electron chi connectivity index (χ1n) is 11.0. The number of nitrogens with zero attached hydrogens (tertiary/aromatic N) is 3. The van der Waals surface area contributed by atoms with Gasteiger partial charge < -0.3 is 15.4 Å². The Kier molecular flexibility index (Phi) is 9.07. The fourth-order valence-electron chi connectivity index (χ4n) is 3.65. The van der Waals surface area contributed by atoms with E-state index in [2.05, 4.69) is 4.98 Å². The lowest BCUT2D eigenvalue weighted by Gasteiger charge is -2.30. The Hall–Kier alpha value is -3.07. The van der Waals surface area contributed by atoms with Gasteiger partial charge in [0.05, 0.1) is 13.7 Å². The van der Waals surface area contributed by atoms with Crippen LogP contribution in [0.1, 0.15) is 51.6 Å². The van der Waals surface area contributed by atoms with Crippen LogP contribution in [0.15, 0.2) is 33.9 Å². The van der Waals surface area contributed by atoms with Crippen LogP contribution in [-0.4, -0.2) is 47.6 Å². The molecule has 1 aromatic carbocycles. The van der Waals surface area contributed by atoms with E-state index < -0.39 is 11.2 Å². The number of hydrogen-bond acceptors (Lipinski definition) is 6. The van der Waals surface area contributed by atoms with Crippen LogP contribution < -0.4 is 26.6 Å². The van der Waals surface area contributed by atoms with Crippen LogP contribution in [0.4, 0.5) is 11.5 Å². The fraction of sp³-hybridized carbons (Fsp3) is 0.522. The Labute approximate surface area is 188 Å². The normalized spacial score (nSPS) is 12.1. The van der Waals surface area contributed by atoms with Crippen LogP contribution in [0.2, 0.25) is 0 Å². The van der Waals surface area contributed by atoms with Crippen LogP contribution in [0.3, 0.4) is 0 Å². The molecule has 9 heteroatoms. The molecule has 1 atom stereocenters. The molecule has 176 valence electrons. The van der Waals surface area contributed by atoms with E-state index in [4.69, 9.17) is 10.5 Å². The number of nitrogen functional groups attached to an aromatic ring is 1. The Morgan fingerprint density at radius 2 is 1.91 bits per heavy atom. The van der Waals surface area contributed by atoms with Gasteiger partial charge in [-0.1, -0.05) is 38.5 Å². The summed E-state index contributed by atoms with van der Waals surface area (Å²) in [6.07, 6.45) is 2.20. The van der Waals surface area contributed by atoms with Gasteiger partial charge >= 0.3 is 5.69 Å². The summed E-state index contributed by atoms with van der Waals surface area (Å²) >= 11 is 0. The molecule has 0 aliphatic carbocycles. The molecule has 1 unspecified atom stereocenters. The molecular formula is C23H35N5O4. The number of hydrogen-bond donors (Lipinski definition) is 2. The third kappa shape index (κ3) is 5.59. The largest absolute Gasteiger partial charge is 0.496 e. The molecule has 0 aliphatic rings. The summed E-state index contributed by atoms with van der Waals surface area (Å²) in [5, 5.41) is 0. The quantitative estimate of drug-likeness (QED) is 0.549. The number of carbonyl (C=O) groups excluding carboxylic acids is 1. The van der Waals surface area contributed by atoms with E-state index in [1.807, 2.05) is 57.0 Å². The first kappa shape index (κ1) is 25.2.